The number of aromatic hydroxyl groups is 2. The molecule has 2 aliphatic rings. The average Bonchev–Trinajstić information content (AvgIpc) is 3.09. The van der Waals surface area contributed by atoms with E-state index in [1.807, 2.05) is 12.2 Å². The Balaban J connectivity index is 2.07. The fourth-order valence-corrected chi connectivity index (χ4v) is 4.05. The second-order valence-electron chi connectivity index (χ2n) is 6.69. The van der Waals surface area contributed by atoms with Crippen molar-refractivity contribution >= 4 is 40.0 Å². The summed E-state index contributed by atoms with van der Waals surface area (Å²) in [5, 5.41) is 21.2. The Morgan fingerprint density at radius 3 is 2.59 bits per heavy atom. The molecule has 6 heteroatoms. The smallest absolute Gasteiger partial charge is 0.197 e. The number of rotatable bonds is 3. The molecule has 1 aromatic carbocycles. The third kappa shape index (κ3) is 2.88. The van der Waals surface area contributed by atoms with Gasteiger partial charge in [0.25, 0.3) is 0 Å². The van der Waals surface area contributed by atoms with E-state index in [0.29, 0.717) is 34.6 Å². The fraction of sp³-hybridized carbons (Fsp3) is 0.238. The zero-order valence-electron chi connectivity index (χ0n) is 14.4. The van der Waals surface area contributed by atoms with Gasteiger partial charge in [0.2, 0.25) is 0 Å². The number of hydrogen-bond donors (Lipinski definition) is 2. The number of benzene rings is 1. The Kier molecular flexibility index (Phi) is 4.40. The van der Waals surface area contributed by atoms with Crippen molar-refractivity contribution in [1.29, 1.82) is 0 Å². The van der Waals surface area contributed by atoms with Crippen LogP contribution >= 0.6 is 11.6 Å². The molecule has 1 aromatic heterocycles. The predicted octanol–water partition coefficient (Wildman–Crippen LogP) is 4.64. The lowest BCUT2D eigenvalue weighted by molar-refractivity contribution is -0.104. The molecule has 0 unspecified atom stereocenters. The quantitative estimate of drug-likeness (QED) is 0.752. The summed E-state index contributed by atoms with van der Waals surface area (Å²) in [5.41, 5.74) is 1.74. The highest BCUT2D eigenvalue weighted by Crippen LogP contribution is 2.44. The van der Waals surface area contributed by atoms with E-state index >= 15 is 0 Å². The lowest BCUT2D eigenvalue weighted by Gasteiger charge is -2.15. The summed E-state index contributed by atoms with van der Waals surface area (Å²) in [6.07, 6.45) is 8.05. The summed E-state index contributed by atoms with van der Waals surface area (Å²) in [5.74, 6) is -0.321. The summed E-state index contributed by atoms with van der Waals surface area (Å²) in [6.45, 7) is 0. The Morgan fingerprint density at radius 2 is 1.85 bits per heavy atom. The predicted molar refractivity (Wildman–Crippen MR) is 104 cm³/mol. The van der Waals surface area contributed by atoms with E-state index in [4.69, 9.17) is 16.0 Å². The van der Waals surface area contributed by atoms with E-state index in [2.05, 4.69) is 0 Å². The molecular weight excluding hydrogens is 368 g/mol. The van der Waals surface area contributed by atoms with Crippen LogP contribution in [0.4, 0.5) is 0 Å². The van der Waals surface area contributed by atoms with Crippen LogP contribution in [0.25, 0.3) is 22.1 Å². The van der Waals surface area contributed by atoms with Gasteiger partial charge < -0.3 is 14.6 Å². The number of aldehydes is 1. The molecular formula is C21H17ClO5. The van der Waals surface area contributed by atoms with Crippen LogP contribution in [0.5, 0.6) is 11.5 Å². The molecule has 1 heterocycles. The topological polar surface area (TPSA) is 87.7 Å². The molecule has 0 bridgehead atoms. The second kappa shape index (κ2) is 6.74. The van der Waals surface area contributed by atoms with E-state index < -0.39 is 5.43 Å². The van der Waals surface area contributed by atoms with Crippen molar-refractivity contribution in [1.82, 2.24) is 0 Å². The van der Waals surface area contributed by atoms with Crippen molar-refractivity contribution in [2.45, 2.75) is 32.1 Å². The van der Waals surface area contributed by atoms with Gasteiger partial charge in [-0.25, -0.2) is 0 Å². The Labute approximate surface area is 159 Å². The molecule has 27 heavy (non-hydrogen) atoms. The summed E-state index contributed by atoms with van der Waals surface area (Å²) in [4.78, 5) is 24.1. The van der Waals surface area contributed by atoms with Crippen LogP contribution in [0.15, 0.2) is 44.1 Å². The van der Waals surface area contributed by atoms with Crippen molar-refractivity contribution in [2.75, 3.05) is 0 Å². The van der Waals surface area contributed by atoms with Crippen LogP contribution in [0.1, 0.15) is 43.4 Å². The number of carbonyl (C=O) groups excluding carboxylic acids is 1. The Bertz CT molecular complexity index is 1120. The number of carbonyl (C=O) groups is 1. The molecule has 0 saturated heterocycles. The van der Waals surface area contributed by atoms with Crippen LogP contribution in [0.2, 0.25) is 0 Å². The molecule has 0 spiro atoms. The molecule has 2 aliphatic carbocycles. The molecule has 0 radical (unpaired) electrons. The van der Waals surface area contributed by atoms with E-state index in [0.717, 1.165) is 31.6 Å². The van der Waals surface area contributed by atoms with Crippen molar-refractivity contribution < 1.29 is 19.4 Å². The maximum absolute atomic E-state index is 12.7. The van der Waals surface area contributed by atoms with E-state index in [1.165, 1.54) is 6.07 Å². The first-order valence-electron chi connectivity index (χ1n) is 8.78. The van der Waals surface area contributed by atoms with Gasteiger partial charge in [-0.15, -0.1) is 0 Å². The van der Waals surface area contributed by atoms with Gasteiger partial charge in [0.15, 0.2) is 11.0 Å². The average molecular weight is 385 g/mol. The van der Waals surface area contributed by atoms with E-state index in [-0.39, 0.29) is 33.8 Å². The van der Waals surface area contributed by atoms with Crippen molar-refractivity contribution in [3.05, 3.63) is 56.4 Å². The largest absolute Gasteiger partial charge is 0.507 e. The number of allylic oxidation sites excluding steroid dienone is 6. The van der Waals surface area contributed by atoms with Gasteiger partial charge in [-0.1, -0.05) is 23.8 Å². The Morgan fingerprint density at radius 1 is 1.07 bits per heavy atom. The standard InChI is InChI=1S/C21H17ClO5/c22-14-7-2-1-5-13(14)18-9-17(26)20-16(25)8-15(24)19(21(20)27-18)12-6-3-4-11(12)10-23/h5,7-10,24-25H,1-4,6H2. The zero-order chi connectivity index (χ0) is 19.1. The second-order valence-corrected chi connectivity index (χ2v) is 7.10. The molecule has 0 fully saturated rings. The van der Waals surface area contributed by atoms with Crippen LogP contribution in [0, 0.1) is 0 Å². The highest BCUT2D eigenvalue weighted by Gasteiger charge is 2.26. The maximum Gasteiger partial charge on any atom is 0.197 e. The molecule has 0 aliphatic heterocycles. The van der Waals surface area contributed by atoms with Crippen LogP contribution in [-0.4, -0.2) is 16.5 Å². The third-order valence-electron chi connectivity index (χ3n) is 5.03. The summed E-state index contributed by atoms with van der Waals surface area (Å²) in [6, 6.07) is 2.41. The van der Waals surface area contributed by atoms with Gasteiger partial charge in [-0.3, -0.25) is 9.59 Å². The molecule has 0 amide bonds. The first-order valence-corrected chi connectivity index (χ1v) is 9.16. The number of hydrogen-bond acceptors (Lipinski definition) is 5. The summed E-state index contributed by atoms with van der Waals surface area (Å²) >= 11 is 6.27. The summed E-state index contributed by atoms with van der Waals surface area (Å²) in [7, 11) is 0. The van der Waals surface area contributed by atoms with Gasteiger partial charge in [0, 0.05) is 22.7 Å². The number of phenolic OH excluding ortho intramolecular Hbond substituents is 2. The lowest BCUT2D eigenvalue weighted by atomic mass is 9.97. The SMILES string of the molecule is O=CC1=C(c2c(O)cc(O)c3c(=O)cc(C4=CCCC=C4Cl)oc23)CCC1. The van der Waals surface area contributed by atoms with Gasteiger partial charge in [0.05, 0.1) is 5.56 Å². The van der Waals surface area contributed by atoms with Crippen molar-refractivity contribution in [3.8, 4) is 11.5 Å². The highest BCUT2D eigenvalue weighted by molar-refractivity contribution is 6.37. The molecule has 5 nitrogen and oxygen atoms in total. The third-order valence-corrected chi connectivity index (χ3v) is 5.38. The van der Waals surface area contributed by atoms with Crippen LogP contribution in [0.3, 0.4) is 0 Å². The van der Waals surface area contributed by atoms with Crippen LogP contribution < -0.4 is 5.43 Å². The van der Waals surface area contributed by atoms with Gasteiger partial charge in [-0.2, -0.15) is 0 Å². The molecule has 4 rings (SSSR count). The maximum atomic E-state index is 12.7. The van der Waals surface area contributed by atoms with E-state index in [1.54, 1.807) is 0 Å². The highest BCUT2D eigenvalue weighted by atomic mass is 35.5. The van der Waals surface area contributed by atoms with Gasteiger partial charge >= 0.3 is 0 Å². The molecule has 2 N–H and O–H groups in total. The van der Waals surface area contributed by atoms with Gasteiger partial charge in [-0.05, 0) is 43.3 Å². The molecule has 0 saturated carbocycles. The van der Waals surface area contributed by atoms with E-state index in [9.17, 15) is 19.8 Å². The Hall–Kier alpha value is -2.79. The monoisotopic (exact) mass is 384 g/mol. The minimum Gasteiger partial charge on any atom is -0.507 e. The number of halogens is 1. The molecule has 2 aromatic rings. The molecule has 138 valence electrons. The fourth-order valence-electron chi connectivity index (χ4n) is 3.77. The van der Waals surface area contributed by atoms with Gasteiger partial charge in [0.1, 0.15) is 28.9 Å². The normalized spacial score (nSPS) is 17.2. The first kappa shape index (κ1) is 17.6. The van der Waals surface area contributed by atoms with Crippen molar-refractivity contribution in [3.63, 3.8) is 0 Å². The number of fused-ring (bicyclic) bond motifs is 1. The summed E-state index contributed by atoms with van der Waals surface area (Å²) < 4.78 is 5.99. The minimum atomic E-state index is -0.438. The van der Waals surface area contributed by atoms with Crippen LogP contribution in [-0.2, 0) is 4.79 Å². The molecule has 0 atom stereocenters. The lowest BCUT2D eigenvalue weighted by Crippen LogP contribution is -2.05. The minimum absolute atomic E-state index is 0.0206. The number of phenols is 2. The zero-order valence-corrected chi connectivity index (χ0v) is 15.2. The first-order chi connectivity index (χ1) is 13.0. The van der Waals surface area contributed by atoms with Crippen molar-refractivity contribution in [2.24, 2.45) is 0 Å².